The normalized spacial score (nSPS) is 14.0. The second kappa shape index (κ2) is 15.9. The molecule has 0 saturated carbocycles. The number of carbonyl (C=O) groups is 6. The Kier molecular flexibility index (Phi) is 14.1. The molecule has 0 radical (unpaired) electrons. The van der Waals surface area contributed by atoms with E-state index in [-0.39, 0.29) is 25.3 Å². The van der Waals surface area contributed by atoms with Gasteiger partial charge >= 0.3 is 17.9 Å². The minimum Gasteiger partial charge on any atom is -0.481 e. The van der Waals surface area contributed by atoms with Crippen LogP contribution in [-0.4, -0.2) is 87.6 Å². The van der Waals surface area contributed by atoms with Crippen LogP contribution in [0.25, 0.3) is 0 Å². The van der Waals surface area contributed by atoms with Crippen LogP contribution in [0.2, 0.25) is 0 Å². The molecule has 0 saturated heterocycles. The van der Waals surface area contributed by atoms with Crippen molar-refractivity contribution in [3.8, 4) is 0 Å². The average Bonchev–Trinajstić information content (AvgIpc) is 2.75. The molecule has 0 spiro atoms. The number of hydrogen-bond donors (Lipinski definition) is 9. The molecule has 204 valence electrons. The second-order valence-electron chi connectivity index (χ2n) is 8.28. The highest BCUT2D eigenvalue weighted by Crippen LogP contribution is 2.07. The molecule has 0 aliphatic rings. The zero-order valence-electron chi connectivity index (χ0n) is 20.1. The maximum absolute atomic E-state index is 12.9. The third kappa shape index (κ3) is 13.1. The highest BCUT2D eigenvalue weighted by Gasteiger charge is 2.32. The molecule has 0 aromatic heterocycles. The fourth-order valence-electron chi connectivity index (χ4n) is 2.89. The highest BCUT2D eigenvalue weighted by atomic mass is 16.4. The Morgan fingerprint density at radius 1 is 0.806 bits per heavy atom. The van der Waals surface area contributed by atoms with Crippen molar-refractivity contribution in [1.29, 1.82) is 0 Å². The quantitative estimate of drug-likeness (QED) is 0.0526. The first-order valence-corrected chi connectivity index (χ1v) is 11.0. The van der Waals surface area contributed by atoms with Gasteiger partial charge in [0.05, 0.1) is 12.5 Å². The molecule has 16 nitrogen and oxygen atoms in total. The van der Waals surface area contributed by atoms with E-state index in [1.54, 1.807) is 0 Å². The molecule has 0 aliphatic carbocycles. The van der Waals surface area contributed by atoms with Gasteiger partial charge in [-0.25, -0.2) is 4.79 Å². The number of guanidine groups is 1. The first-order chi connectivity index (χ1) is 16.6. The van der Waals surface area contributed by atoms with Gasteiger partial charge in [0.25, 0.3) is 0 Å². The van der Waals surface area contributed by atoms with Crippen molar-refractivity contribution >= 4 is 41.6 Å². The molecule has 12 N–H and O–H groups in total. The number of nitrogens with zero attached hydrogens (tertiary/aromatic N) is 1. The van der Waals surface area contributed by atoms with Gasteiger partial charge in [-0.1, -0.05) is 13.8 Å². The highest BCUT2D eigenvalue weighted by molar-refractivity contribution is 5.95. The zero-order chi connectivity index (χ0) is 28.0. The fourth-order valence-corrected chi connectivity index (χ4v) is 2.89. The summed E-state index contributed by atoms with van der Waals surface area (Å²) in [5.74, 6) is -7.61. The van der Waals surface area contributed by atoms with Gasteiger partial charge in [0.1, 0.15) is 18.1 Å². The Morgan fingerprint density at radius 2 is 1.39 bits per heavy atom. The maximum Gasteiger partial charge on any atom is 0.326 e. The van der Waals surface area contributed by atoms with Crippen LogP contribution in [0.1, 0.15) is 46.0 Å². The lowest BCUT2D eigenvalue weighted by Gasteiger charge is -2.26. The van der Waals surface area contributed by atoms with Crippen molar-refractivity contribution in [3.63, 3.8) is 0 Å². The molecule has 4 atom stereocenters. The van der Waals surface area contributed by atoms with E-state index in [0.717, 1.165) is 0 Å². The van der Waals surface area contributed by atoms with Crippen LogP contribution >= 0.6 is 0 Å². The standard InChI is InChI=1S/C20H35N7O9/c1-9(2)15(18(34)26-12(19(35)36)8-14(30)31)27-17(33)11(5-6-13(28)29)25-16(32)10(21)4-3-7-24-20(22)23/h9-12,15H,3-8,21H2,1-2H3,(H,25,32)(H,26,34)(H,27,33)(H,28,29)(H,30,31)(H,35,36)(H4,22,23,24). The smallest absolute Gasteiger partial charge is 0.326 e. The van der Waals surface area contributed by atoms with Crippen LogP contribution in [0.15, 0.2) is 4.99 Å². The Bertz CT molecular complexity index is 843. The second-order valence-corrected chi connectivity index (χ2v) is 8.28. The van der Waals surface area contributed by atoms with E-state index in [2.05, 4.69) is 20.9 Å². The summed E-state index contributed by atoms with van der Waals surface area (Å²) >= 11 is 0. The maximum atomic E-state index is 12.9. The SMILES string of the molecule is CC(C)C(NC(=O)C(CCC(=O)O)NC(=O)C(N)CCCN=C(N)N)C(=O)NC(CC(=O)O)C(=O)O. The Hall–Kier alpha value is -3.95. The molecule has 3 amide bonds. The number of rotatable bonds is 17. The molecule has 0 aliphatic heterocycles. The number of carboxylic acids is 3. The van der Waals surface area contributed by atoms with Crippen LogP contribution in [0.3, 0.4) is 0 Å². The van der Waals surface area contributed by atoms with Crippen molar-refractivity contribution in [1.82, 2.24) is 16.0 Å². The van der Waals surface area contributed by atoms with E-state index in [9.17, 15) is 28.8 Å². The monoisotopic (exact) mass is 517 g/mol. The Balaban J connectivity index is 5.42. The summed E-state index contributed by atoms with van der Waals surface area (Å²) < 4.78 is 0. The molecular weight excluding hydrogens is 482 g/mol. The first kappa shape index (κ1) is 32.0. The van der Waals surface area contributed by atoms with Crippen LogP contribution in [0, 0.1) is 5.92 Å². The number of nitrogens with one attached hydrogen (secondary N) is 3. The summed E-state index contributed by atoms with van der Waals surface area (Å²) in [6, 6.07) is -5.49. The van der Waals surface area contributed by atoms with E-state index >= 15 is 0 Å². The number of aliphatic imine (C=N–C) groups is 1. The van der Waals surface area contributed by atoms with Gasteiger partial charge in [-0.15, -0.1) is 0 Å². The lowest BCUT2D eigenvalue weighted by atomic mass is 10.0. The Morgan fingerprint density at radius 3 is 1.86 bits per heavy atom. The summed E-state index contributed by atoms with van der Waals surface area (Å²) in [6.45, 7) is 3.29. The summed E-state index contributed by atoms with van der Waals surface area (Å²) in [5, 5.41) is 33.7. The summed E-state index contributed by atoms with van der Waals surface area (Å²) in [5.41, 5.74) is 16.2. The third-order valence-corrected chi connectivity index (χ3v) is 4.82. The van der Waals surface area contributed by atoms with Gasteiger partial charge < -0.3 is 48.5 Å². The molecule has 0 fully saturated rings. The third-order valence-electron chi connectivity index (χ3n) is 4.82. The summed E-state index contributed by atoms with van der Waals surface area (Å²) in [7, 11) is 0. The van der Waals surface area contributed by atoms with Gasteiger partial charge in [-0.2, -0.15) is 0 Å². The molecular formula is C20H35N7O9. The molecule has 16 heteroatoms. The van der Waals surface area contributed by atoms with Gasteiger partial charge in [0.2, 0.25) is 17.7 Å². The van der Waals surface area contributed by atoms with E-state index in [0.29, 0.717) is 6.42 Å². The van der Waals surface area contributed by atoms with Crippen molar-refractivity contribution in [3.05, 3.63) is 0 Å². The molecule has 0 aromatic rings. The van der Waals surface area contributed by atoms with Crippen molar-refractivity contribution < 1.29 is 44.1 Å². The fraction of sp³-hybridized carbons (Fsp3) is 0.650. The lowest BCUT2D eigenvalue weighted by Crippen LogP contribution is -2.58. The van der Waals surface area contributed by atoms with Gasteiger partial charge in [-0.3, -0.25) is 29.0 Å². The van der Waals surface area contributed by atoms with E-state index in [1.165, 1.54) is 13.8 Å². The molecule has 0 heterocycles. The van der Waals surface area contributed by atoms with Gasteiger partial charge in [0, 0.05) is 13.0 Å². The number of aliphatic carboxylic acids is 3. The minimum absolute atomic E-state index is 0.125. The van der Waals surface area contributed by atoms with Crippen molar-refractivity contribution in [2.24, 2.45) is 28.1 Å². The van der Waals surface area contributed by atoms with Crippen molar-refractivity contribution in [2.75, 3.05) is 6.54 Å². The van der Waals surface area contributed by atoms with E-state index in [4.69, 9.17) is 32.5 Å². The summed E-state index contributed by atoms with van der Waals surface area (Å²) in [6.07, 6.45) is -1.19. The molecule has 4 unspecified atom stereocenters. The largest absolute Gasteiger partial charge is 0.481 e. The predicted octanol–water partition coefficient (Wildman–Crippen LogP) is -3.10. The number of carboxylic acid groups (broad SMARTS) is 3. The van der Waals surface area contributed by atoms with Crippen LogP contribution < -0.4 is 33.2 Å². The Labute approximate surface area is 207 Å². The average molecular weight is 518 g/mol. The van der Waals surface area contributed by atoms with E-state index < -0.39 is 78.6 Å². The number of amides is 3. The van der Waals surface area contributed by atoms with Gasteiger partial charge in [-0.05, 0) is 25.2 Å². The molecule has 0 bridgehead atoms. The number of nitrogens with two attached hydrogens (primary N) is 3. The van der Waals surface area contributed by atoms with Crippen LogP contribution in [0.5, 0.6) is 0 Å². The minimum atomic E-state index is -1.74. The van der Waals surface area contributed by atoms with E-state index in [1.807, 2.05) is 0 Å². The summed E-state index contributed by atoms with van der Waals surface area (Å²) in [4.78, 5) is 74.8. The first-order valence-electron chi connectivity index (χ1n) is 11.0. The predicted molar refractivity (Wildman–Crippen MR) is 125 cm³/mol. The van der Waals surface area contributed by atoms with Crippen LogP contribution in [0.4, 0.5) is 0 Å². The zero-order valence-corrected chi connectivity index (χ0v) is 20.1. The van der Waals surface area contributed by atoms with Crippen LogP contribution in [-0.2, 0) is 28.8 Å². The molecule has 0 rings (SSSR count). The number of hydrogen-bond acceptors (Lipinski definition) is 8. The lowest BCUT2D eigenvalue weighted by molar-refractivity contribution is -0.147. The van der Waals surface area contributed by atoms with Gasteiger partial charge in [0.15, 0.2) is 5.96 Å². The molecule has 36 heavy (non-hydrogen) atoms. The molecule has 0 aromatic carbocycles. The van der Waals surface area contributed by atoms with Crippen molar-refractivity contribution in [2.45, 2.75) is 70.1 Å². The topological polar surface area (TPSA) is 290 Å². The number of carbonyl (C=O) groups excluding carboxylic acids is 3.